The Morgan fingerprint density at radius 2 is 1.80 bits per heavy atom. The minimum atomic E-state index is -0.887. The van der Waals surface area contributed by atoms with Crippen LogP contribution in [0.15, 0.2) is 0 Å². The first-order valence-electron chi connectivity index (χ1n) is 4.38. The first-order chi connectivity index (χ1) is 4.77. The lowest BCUT2D eigenvalue weighted by atomic mass is 10.3. The predicted octanol–water partition coefficient (Wildman–Crippen LogP) is 2.24. The van der Waals surface area contributed by atoms with Gasteiger partial charge in [-0.2, -0.15) is 0 Å². The van der Waals surface area contributed by atoms with E-state index in [1.54, 1.807) is 0 Å². The molecule has 0 aromatic heterocycles. The number of hydrogen-bond acceptors (Lipinski definition) is 1. The summed E-state index contributed by atoms with van der Waals surface area (Å²) in [7, 11) is -0.887. The lowest BCUT2D eigenvalue weighted by Crippen LogP contribution is -2.32. The van der Waals surface area contributed by atoms with Crippen molar-refractivity contribution in [2.75, 3.05) is 6.61 Å². The van der Waals surface area contributed by atoms with Gasteiger partial charge in [0.1, 0.15) is 0 Å². The van der Waals surface area contributed by atoms with E-state index >= 15 is 0 Å². The molecular formula is C8H18OSi. The van der Waals surface area contributed by atoms with E-state index in [9.17, 15) is 0 Å². The number of rotatable bonds is 2. The Bertz CT molecular complexity index is 91.9. The van der Waals surface area contributed by atoms with Gasteiger partial charge < -0.3 is 5.11 Å². The van der Waals surface area contributed by atoms with E-state index in [0.717, 1.165) is 6.04 Å². The molecule has 1 nitrogen and oxygen atoms in total. The zero-order valence-corrected chi connectivity index (χ0v) is 7.90. The average molecular weight is 158 g/mol. The Morgan fingerprint density at radius 1 is 1.20 bits per heavy atom. The Labute approximate surface area is 64.5 Å². The van der Waals surface area contributed by atoms with E-state index in [1.165, 1.54) is 31.4 Å². The highest BCUT2D eigenvalue weighted by molar-refractivity contribution is 6.78. The van der Waals surface area contributed by atoms with Crippen molar-refractivity contribution in [2.45, 2.75) is 43.9 Å². The van der Waals surface area contributed by atoms with Gasteiger partial charge >= 0.3 is 0 Å². The summed E-state index contributed by atoms with van der Waals surface area (Å²) in [4.78, 5) is 0. The number of aliphatic hydroxyl groups excluding tert-OH is 1. The van der Waals surface area contributed by atoms with Crippen molar-refractivity contribution in [3.8, 4) is 0 Å². The van der Waals surface area contributed by atoms with E-state index in [4.69, 9.17) is 5.11 Å². The second kappa shape index (κ2) is 3.53. The quantitative estimate of drug-likeness (QED) is 0.611. The zero-order chi connectivity index (χ0) is 7.45. The molecule has 1 aliphatic rings. The molecule has 1 fully saturated rings. The Kier molecular flexibility index (Phi) is 2.92. The maximum atomic E-state index is 8.82. The summed E-state index contributed by atoms with van der Waals surface area (Å²) in [6.07, 6.45) is 4.31. The summed E-state index contributed by atoms with van der Waals surface area (Å²) in [6.45, 7) is 2.88. The van der Waals surface area contributed by atoms with Crippen molar-refractivity contribution in [1.82, 2.24) is 0 Å². The maximum Gasteiger partial charge on any atom is 0.0527 e. The first-order valence-corrected chi connectivity index (χ1v) is 7.50. The van der Waals surface area contributed by atoms with Gasteiger partial charge in [0.05, 0.1) is 8.07 Å². The van der Waals surface area contributed by atoms with Crippen molar-refractivity contribution in [3.05, 3.63) is 0 Å². The van der Waals surface area contributed by atoms with Crippen LogP contribution < -0.4 is 0 Å². The smallest absolute Gasteiger partial charge is 0.0527 e. The van der Waals surface area contributed by atoms with Gasteiger partial charge in [-0.05, 0) is 6.04 Å². The van der Waals surface area contributed by atoms with Crippen molar-refractivity contribution in [2.24, 2.45) is 0 Å². The molecule has 0 aromatic carbocycles. The molecule has 0 amide bonds. The van der Waals surface area contributed by atoms with Crippen LogP contribution in [0.1, 0.15) is 19.3 Å². The van der Waals surface area contributed by atoms with E-state index in [2.05, 4.69) is 6.55 Å². The third kappa shape index (κ3) is 2.10. The Balaban J connectivity index is 2.32. The molecule has 0 spiro atoms. The monoisotopic (exact) mass is 158 g/mol. The van der Waals surface area contributed by atoms with Crippen LogP contribution in [0.2, 0.25) is 24.7 Å². The summed E-state index contributed by atoms with van der Waals surface area (Å²) in [5.41, 5.74) is 0. The minimum absolute atomic E-state index is 0.433. The molecule has 1 heterocycles. The predicted molar refractivity (Wildman–Crippen MR) is 47.0 cm³/mol. The molecule has 0 atom stereocenters. The normalized spacial score (nSPS) is 24.6. The van der Waals surface area contributed by atoms with Gasteiger partial charge in [-0.1, -0.05) is 37.9 Å². The van der Waals surface area contributed by atoms with Gasteiger partial charge in [0.25, 0.3) is 0 Å². The van der Waals surface area contributed by atoms with Crippen LogP contribution in [0.5, 0.6) is 0 Å². The molecular weight excluding hydrogens is 140 g/mol. The van der Waals surface area contributed by atoms with Crippen LogP contribution >= 0.6 is 0 Å². The third-order valence-corrected chi connectivity index (χ3v) is 7.33. The summed E-state index contributed by atoms with van der Waals surface area (Å²) in [5.74, 6) is 0. The van der Waals surface area contributed by atoms with Crippen molar-refractivity contribution in [3.63, 3.8) is 0 Å². The molecule has 0 bridgehead atoms. The van der Waals surface area contributed by atoms with Gasteiger partial charge in [-0.25, -0.2) is 0 Å². The molecule has 0 unspecified atom stereocenters. The van der Waals surface area contributed by atoms with Crippen LogP contribution in [0, 0.1) is 0 Å². The van der Waals surface area contributed by atoms with Gasteiger partial charge in [0.15, 0.2) is 0 Å². The summed E-state index contributed by atoms with van der Waals surface area (Å²) < 4.78 is 0. The molecule has 1 aliphatic heterocycles. The average Bonchev–Trinajstić information content (AvgIpc) is 1.89. The largest absolute Gasteiger partial charge is 0.397 e. The van der Waals surface area contributed by atoms with Crippen molar-refractivity contribution >= 4 is 8.07 Å². The van der Waals surface area contributed by atoms with Gasteiger partial charge in [-0.3, -0.25) is 0 Å². The van der Waals surface area contributed by atoms with Gasteiger partial charge in [0, 0.05) is 6.61 Å². The Morgan fingerprint density at radius 3 is 2.30 bits per heavy atom. The van der Waals surface area contributed by atoms with Crippen LogP contribution in [0.3, 0.4) is 0 Å². The fraction of sp³-hybridized carbons (Fsp3) is 1.00. The Hall–Kier alpha value is 0.177. The second-order valence-electron chi connectivity index (χ2n) is 3.84. The molecule has 10 heavy (non-hydrogen) atoms. The highest BCUT2D eigenvalue weighted by Crippen LogP contribution is 2.30. The molecule has 0 radical (unpaired) electrons. The van der Waals surface area contributed by atoms with Crippen LogP contribution in [0.25, 0.3) is 0 Å². The van der Waals surface area contributed by atoms with Crippen molar-refractivity contribution in [1.29, 1.82) is 0 Å². The molecule has 0 aliphatic carbocycles. The maximum absolute atomic E-state index is 8.82. The first kappa shape index (κ1) is 8.28. The standard InChI is InChI=1S/C8H18OSi/c1-10(8-5-9)6-3-2-4-7-10/h9H,2-8H2,1H3. The van der Waals surface area contributed by atoms with E-state index in [-0.39, 0.29) is 0 Å². The molecule has 60 valence electrons. The van der Waals surface area contributed by atoms with E-state index in [1.807, 2.05) is 0 Å². The van der Waals surface area contributed by atoms with Crippen molar-refractivity contribution < 1.29 is 5.11 Å². The number of hydrogen-bond donors (Lipinski definition) is 1. The molecule has 1 saturated heterocycles. The fourth-order valence-electron chi connectivity index (χ4n) is 1.93. The topological polar surface area (TPSA) is 20.2 Å². The van der Waals surface area contributed by atoms with Gasteiger partial charge in [0.2, 0.25) is 0 Å². The molecule has 1 rings (SSSR count). The third-order valence-electron chi connectivity index (χ3n) is 2.78. The van der Waals surface area contributed by atoms with E-state index < -0.39 is 8.07 Å². The summed E-state index contributed by atoms with van der Waals surface area (Å²) >= 11 is 0. The molecule has 1 N–H and O–H groups in total. The SMILES string of the molecule is C[Si]1(CCO)CCCCC1. The van der Waals surface area contributed by atoms with Crippen LogP contribution in [-0.4, -0.2) is 19.8 Å². The fourth-order valence-corrected chi connectivity index (χ4v) is 5.42. The number of aliphatic hydroxyl groups is 1. The molecule has 0 saturated carbocycles. The molecule has 2 heteroatoms. The highest BCUT2D eigenvalue weighted by Gasteiger charge is 2.27. The summed E-state index contributed by atoms with van der Waals surface area (Å²) in [5, 5.41) is 8.82. The zero-order valence-electron chi connectivity index (χ0n) is 6.90. The van der Waals surface area contributed by atoms with Crippen LogP contribution in [-0.2, 0) is 0 Å². The van der Waals surface area contributed by atoms with Crippen LogP contribution in [0.4, 0.5) is 0 Å². The summed E-state index contributed by atoms with van der Waals surface area (Å²) in [6, 6.07) is 4.08. The minimum Gasteiger partial charge on any atom is -0.397 e. The lowest BCUT2D eigenvalue weighted by Gasteiger charge is -2.30. The van der Waals surface area contributed by atoms with E-state index in [0.29, 0.717) is 6.61 Å². The second-order valence-corrected chi connectivity index (χ2v) is 8.97. The lowest BCUT2D eigenvalue weighted by molar-refractivity contribution is 0.315. The van der Waals surface area contributed by atoms with Gasteiger partial charge in [-0.15, -0.1) is 0 Å². The molecule has 0 aromatic rings. The highest BCUT2D eigenvalue weighted by atomic mass is 28.3.